The number of hydrogen-bond acceptors (Lipinski definition) is 3. The third-order valence-electron chi connectivity index (χ3n) is 3.52. The van der Waals surface area contributed by atoms with Gasteiger partial charge < -0.3 is 10.1 Å². The largest absolute Gasteiger partial charge is 0.491 e. The predicted octanol–water partition coefficient (Wildman–Crippen LogP) is 4.00. The van der Waals surface area contributed by atoms with E-state index in [4.69, 9.17) is 12.2 Å². The Morgan fingerprint density at radius 3 is 2.15 bits per heavy atom. The van der Waals surface area contributed by atoms with Crippen molar-refractivity contribution in [3.63, 3.8) is 0 Å². The van der Waals surface area contributed by atoms with Gasteiger partial charge in [0, 0.05) is 5.69 Å². The Balaban J connectivity index is 2.28. The Morgan fingerprint density at radius 1 is 1.04 bits per heavy atom. The van der Waals surface area contributed by atoms with Crippen molar-refractivity contribution in [1.29, 1.82) is 0 Å². The number of rotatable bonds is 3. The zero-order valence-corrected chi connectivity index (χ0v) is 14.8. The van der Waals surface area contributed by atoms with Crippen molar-refractivity contribution in [3.05, 3.63) is 58.2 Å². The van der Waals surface area contributed by atoms with Crippen LogP contribution in [0, 0.1) is 37.1 Å². The molecule has 0 radical (unpaired) electrons. The standard InChI is InChI=1S/C17H14F4N2O2S/c1-7-4-5-8(2)9(6-7)22-17(26)23-16(24)10-11(18)13(20)15(25-3)14(21)12(10)19/h4-6H,1-3H3,(H2,22,23,24,26). The topological polar surface area (TPSA) is 50.4 Å². The maximum atomic E-state index is 13.9. The van der Waals surface area contributed by atoms with Crippen LogP contribution >= 0.6 is 12.2 Å². The summed E-state index contributed by atoms with van der Waals surface area (Å²) < 4.78 is 59.6. The van der Waals surface area contributed by atoms with Gasteiger partial charge in [-0.25, -0.2) is 8.78 Å². The average Bonchev–Trinajstić information content (AvgIpc) is 2.57. The molecule has 2 N–H and O–H groups in total. The predicted molar refractivity (Wildman–Crippen MR) is 92.4 cm³/mol. The van der Waals surface area contributed by atoms with Gasteiger partial charge in [-0.2, -0.15) is 8.78 Å². The molecule has 2 rings (SSSR count). The highest BCUT2D eigenvalue weighted by Crippen LogP contribution is 2.29. The van der Waals surface area contributed by atoms with Gasteiger partial charge >= 0.3 is 0 Å². The molecule has 0 unspecified atom stereocenters. The van der Waals surface area contributed by atoms with Gasteiger partial charge in [-0.15, -0.1) is 0 Å². The first kappa shape index (κ1) is 19.6. The van der Waals surface area contributed by atoms with E-state index in [0.29, 0.717) is 5.69 Å². The van der Waals surface area contributed by atoms with Gasteiger partial charge in [0.05, 0.1) is 7.11 Å². The number of thiocarbonyl (C=S) groups is 1. The van der Waals surface area contributed by atoms with E-state index >= 15 is 0 Å². The number of amides is 1. The first-order chi connectivity index (χ1) is 12.2. The van der Waals surface area contributed by atoms with E-state index in [1.165, 1.54) is 0 Å². The summed E-state index contributed by atoms with van der Waals surface area (Å²) in [6.45, 7) is 3.61. The van der Waals surface area contributed by atoms with Gasteiger partial charge in [-0.1, -0.05) is 12.1 Å². The molecule has 4 nitrogen and oxygen atoms in total. The molecule has 0 saturated carbocycles. The second kappa shape index (κ2) is 7.69. The van der Waals surface area contributed by atoms with Crippen LogP contribution < -0.4 is 15.4 Å². The number of ether oxygens (including phenoxy) is 1. The average molecular weight is 386 g/mol. The SMILES string of the molecule is COc1c(F)c(F)c(C(=O)NC(=S)Nc2cc(C)ccc2C)c(F)c1F. The molecule has 0 aromatic heterocycles. The van der Waals surface area contributed by atoms with E-state index in [1.54, 1.807) is 19.1 Å². The summed E-state index contributed by atoms with van der Waals surface area (Å²) in [7, 11) is 0.837. The molecule has 0 aliphatic carbocycles. The first-order valence-corrected chi connectivity index (χ1v) is 7.67. The summed E-state index contributed by atoms with van der Waals surface area (Å²) in [6.07, 6.45) is 0. The third-order valence-corrected chi connectivity index (χ3v) is 3.73. The van der Waals surface area contributed by atoms with Crippen molar-refractivity contribution in [1.82, 2.24) is 5.32 Å². The van der Waals surface area contributed by atoms with Crippen molar-refractivity contribution in [2.24, 2.45) is 0 Å². The minimum absolute atomic E-state index is 0.292. The number of benzene rings is 2. The lowest BCUT2D eigenvalue weighted by Crippen LogP contribution is -2.35. The molecular weight excluding hydrogens is 372 g/mol. The summed E-state index contributed by atoms with van der Waals surface area (Å²) in [4.78, 5) is 12.1. The Kier molecular flexibility index (Phi) is 5.81. The number of carbonyl (C=O) groups is 1. The second-order valence-corrected chi connectivity index (χ2v) is 5.80. The first-order valence-electron chi connectivity index (χ1n) is 7.26. The molecular formula is C17H14F4N2O2S. The molecule has 0 fully saturated rings. The minimum atomic E-state index is -1.88. The monoisotopic (exact) mass is 386 g/mol. The van der Waals surface area contributed by atoms with Gasteiger partial charge in [-0.05, 0) is 43.3 Å². The Bertz CT molecular complexity index is 874. The van der Waals surface area contributed by atoms with Crippen LogP contribution in [0.25, 0.3) is 0 Å². The second-order valence-electron chi connectivity index (χ2n) is 5.39. The van der Waals surface area contributed by atoms with Crippen molar-refractivity contribution < 1.29 is 27.1 Å². The molecule has 0 bridgehead atoms. The van der Waals surface area contributed by atoms with Crippen molar-refractivity contribution >= 4 is 28.9 Å². The van der Waals surface area contributed by atoms with Crippen LogP contribution in [0.2, 0.25) is 0 Å². The fourth-order valence-electron chi connectivity index (χ4n) is 2.18. The van der Waals surface area contributed by atoms with E-state index in [1.807, 2.05) is 18.3 Å². The zero-order chi connectivity index (χ0) is 19.6. The minimum Gasteiger partial charge on any atom is -0.491 e. The van der Waals surface area contributed by atoms with Crippen LogP contribution in [0.4, 0.5) is 23.2 Å². The summed E-state index contributed by atoms with van der Waals surface area (Å²) in [5.74, 6) is -10.1. The Labute approximate surface area is 152 Å². The molecule has 0 aliphatic rings. The van der Waals surface area contributed by atoms with Crippen molar-refractivity contribution in [2.75, 3.05) is 12.4 Å². The van der Waals surface area contributed by atoms with Crippen molar-refractivity contribution in [2.45, 2.75) is 13.8 Å². The van der Waals surface area contributed by atoms with Gasteiger partial charge in [-0.3, -0.25) is 10.1 Å². The smallest absolute Gasteiger partial charge is 0.263 e. The summed E-state index contributed by atoms with van der Waals surface area (Å²) in [6, 6.07) is 5.40. The summed E-state index contributed by atoms with van der Waals surface area (Å²) >= 11 is 4.92. The molecule has 138 valence electrons. The van der Waals surface area contributed by atoms with Crippen LogP contribution in [-0.2, 0) is 0 Å². The number of hydrogen-bond donors (Lipinski definition) is 2. The lowest BCUT2D eigenvalue weighted by Gasteiger charge is -2.14. The number of anilines is 1. The molecule has 0 spiro atoms. The van der Waals surface area contributed by atoms with Gasteiger partial charge in [0.1, 0.15) is 5.56 Å². The Hall–Kier alpha value is -2.68. The lowest BCUT2D eigenvalue weighted by atomic mass is 10.1. The van der Waals surface area contributed by atoms with Gasteiger partial charge in [0.25, 0.3) is 5.91 Å². The van der Waals surface area contributed by atoms with E-state index < -0.39 is 40.5 Å². The molecule has 0 heterocycles. The maximum Gasteiger partial charge on any atom is 0.263 e. The molecule has 2 aromatic rings. The van der Waals surface area contributed by atoms with Crippen LogP contribution in [0.5, 0.6) is 5.75 Å². The third kappa shape index (κ3) is 3.77. The van der Waals surface area contributed by atoms with E-state index in [0.717, 1.165) is 18.2 Å². The Morgan fingerprint density at radius 2 is 1.62 bits per heavy atom. The van der Waals surface area contributed by atoms with Crippen LogP contribution in [0.1, 0.15) is 21.5 Å². The van der Waals surface area contributed by atoms with E-state index in [-0.39, 0.29) is 5.11 Å². The molecule has 0 saturated heterocycles. The molecule has 26 heavy (non-hydrogen) atoms. The van der Waals surface area contributed by atoms with Crippen LogP contribution in [0.3, 0.4) is 0 Å². The molecule has 0 aliphatic heterocycles. The highest BCUT2D eigenvalue weighted by molar-refractivity contribution is 7.80. The normalized spacial score (nSPS) is 10.4. The molecule has 9 heteroatoms. The van der Waals surface area contributed by atoms with Crippen LogP contribution in [0.15, 0.2) is 18.2 Å². The zero-order valence-electron chi connectivity index (χ0n) is 14.0. The fraction of sp³-hybridized carbons (Fsp3) is 0.176. The molecule has 2 aromatic carbocycles. The lowest BCUT2D eigenvalue weighted by molar-refractivity contribution is 0.0966. The fourth-order valence-corrected chi connectivity index (χ4v) is 2.38. The molecule has 1 amide bonds. The number of methoxy groups -OCH3 is 1. The maximum absolute atomic E-state index is 13.9. The van der Waals surface area contributed by atoms with Crippen LogP contribution in [-0.4, -0.2) is 18.1 Å². The highest BCUT2D eigenvalue weighted by Gasteiger charge is 2.30. The van der Waals surface area contributed by atoms with Crippen molar-refractivity contribution in [3.8, 4) is 5.75 Å². The quantitative estimate of drug-likeness (QED) is 0.476. The highest BCUT2D eigenvalue weighted by atomic mass is 32.1. The van der Waals surface area contributed by atoms with E-state index in [2.05, 4.69) is 10.1 Å². The number of aryl methyl sites for hydroxylation is 2. The number of halogens is 4. The number of carbonyl (C=O) groups excluding carboxylic acids is 1. The van der Waals surface area contributed by atoms with Gasteiger partial charge in [0.15, 0.2) is 22.5 Å². The molecule has 0 atom stereocenters. The van der Waals surface area contributed by atoms with Gasteiger partial charge in [0.2, 0.25) is 11.6 Å². The summed E-state index contributed by atoms with van der Waals surface area (Å²) in [5, 5.41) is 4.38. The number of nitrogens with one attached hydrogen (secondary N) is 2. The summed E-state index contributed by atoms with van der Waals surface area (Å²) in [5.41, 5.74) is 0.823. The van der Waals surface area contributed by atoms with E-state index in [9.17, 15) is 22.4 Å².